The number of rotatable bonds is 3. The topological polar surface area (TPSA) is 58.7 Å². The van der Waals surface area contributed by atoms with E-state index in [0.717, 1.165) is 6.92 Å². The Balaban J connectivity index is 3.39. The summed E-state index contributed by atoms with van der Waals surface area (Å²) in [4.78, 5) is 23.5. The predicted molar refractivity (Wildman–Crippen MR) is 65.7 cm³/mol. The molecule has 0 aliphatic carbocycles. The molecule has 1 heterocycles. The number of Topliss-reactive ketones (excluding diaryl/α,β-unsaturated/α-hetero) is 1. The number of nitrogens with one attached hydrogen (secondary N) is 1. The summed E-state index contributed by atoms with van der Waals surface area (Å²) >= 11 is 0. The second kappa shape index (κ2) is 4.44. The van der Waals surface area contributed by atoms with Gasteiger partial charge in [0.2, 0.25) is 5.91 Å². The highest BCUT2D eigenvalue weighted by Crippen LogP contribution is 2.61. The van der Waals surface area contributed by atoms with Gasteiger partial charge in [0, 0.05) is 18.3 Å². The van der Waals surface area contributed by atoms with Gasteiger partial charge in [-0.1, -0.05) is 34.6 Å². The summed E-state index contributed by atoms with van der Waals surface area (Å²) in [6.07, 6.45) is -4.90. The molecule has 4 nitrogen and oxygen atoms in total. The Hall–Kier alpha value is -1.11. The predicted octanol–water partition coefficient (Wildman–Crippen LogP) is 2.42. The van der Waals surface area contributed by atoms with E-state index < -0.39 is 40.5 Å². The maximum absolute atomic E-state index is 13.5. The van der Waals surface area contributed by atoms with Crippen molar-refractivity contribution in [3.8, 4) is 0 Å². The molecule has 1 aliphatic heterocycles. The Bertz CT molecular complexity index is 439. The van der Waals surface area contributed by atoms with Gasteiger partial charge in [-0.25, -0.2) is 0 Å². The summed E-state index contributed by atoms with van der Waals surface area (Å²) in [5.74, 6) is -2.47. The Labute approximate surface area is 116 Å². The van der Waals surface area contributed by atoms with Gasteiger partial charge < -0.3 is 10.1 Å². The van der Waals surface area contributed by atoms with Crippen molar-refractivity contribution in [1.29, 1.82) is 0 Å². The third kappa shape index (κ3) is 2.21. The number of amides is 1. The van der Waals surface area contributed by atoms with Crippen LogP contribution in [-0.2, 0) is 14.3 Å². The van der Waals surface area contributed by atoms with Crippen molar-refractivity contribution in [1.82, 2.24) is 5.32 Å². The lowest BCUT2D eigenvalue weighted by Gasteiger charge is -2.29. The van der Waals surface area contributed by atoms with Crippen molar-refractivity contribution in [2.45, 2.75) is 59.0 Å². The fourth-order valence-electron chi connectivity index (χ4n) is 2.40. The van der Waals surface area contributed by atoms with Crippen LogP contribution in [0.1, 0.15) is 41.5 Å². The second-order valence-electron chi connectivity index (χ2n) is 6.43. The van der Waals surface area contributed by atoms with Crippen molar-refractivity contribution in [3.63, 3.8) is 0 Å². The number of halogens is 3. The van der Waals surface area contributed by atoms with Gasteiger partial charge in [-0.15, -0.1) is 0 Å². The molecular formula is C13H20F3NO3. The first-order valence-electron chi connectivity index (χ1n) is 6.33. The summed E-state index contributed by atoms with van der Waals surface area (Å²) in [7, 11) is 0. The maximum atomic E-state index is 13.5. The molecule has 0 bridgehead atoms. The zero-order chi connectivity index (χ0) is 16.1. The highest BCUT2D eigenvalue weighted by molar-refractivity contribution is 5.97. The average molecular weight is 295 g/mol. The van der Waals surface area contributed by atoms with E-state index in [9.17, 15) is 22.8 Å². The standard InChI is InChI=1S/C13H20F3NO3/c1-7(2)12(17-8(3)18)11(20-12,13(14,15)16)9(19)10(4,5)6/h7H,1-6H3,(H,17,18). The lowest BCUT2D eigenvalue weighted by molar-refractivity contribution is -0.194. The van der Waals surface area contributed by atoms with Gasteiger partial charge in [-0.2, -0.15) is 13.2 Å². The zero-order valence-corrected chi connectivity index (χ0v) is 12.4. The van der Waals surface area contributed by atoms with Crippen LogP contribution in [0.4, 0.5) is 13.2 Å². The van der Waals surface area contributed by atoms with Crippen molar-refractivity contribution in [3.05, 3.63) is 0 Å². The van der Waals surface area contributed by atoms with Crippen molar-refractivity contribution in [2.24, 2.45) is 11.3 Å². The van der Waals surface area contributed by atoms with Gasteiger partial charge >= 0.3 is 6.18 Å². The van der Waals surface area contributed by atoms with Gasteiger partial charge in [0.25, 0.3) is 5.60 Å². The van der Waals surface area contributed by atoms with E-state index >= 15 is 0 Å². The Morgan fingerprint density at radius 1 is 1.15 bits per heavy atom. The van der Waals surface area contributed by atoms with Crippen LogP contribution in [0.5, 0.6) is 0 Å². The first kappa shape index (κ1) is 16.9. The van der Waals surface area contributed by atoms with Crippen LogP contribution < -0.4 is 5.32 Å². The van der Waals surface area contributed by atoms with Crippen molar-refractivity contribution in [2.75, 3.05) is 0 Å². The largest absolute Gasteiger partial charge is 0.429 e. The van der Waals surface area contributed by atoms with E-state index in [4.69, 9.17) is 4.74 Å². The monoisotopic (exact) mass is 295 g/mol. The van der Waals surface area contributed by atoms with Crippen LogP contribution in [0.15, 0.2) is 0 Å². The molecule has 1 saturated heterocycles. The molecule has 0 radical (unpaired) electrons. The number of ketones is 1. The fraction of sp³-hybridized carbons (Fsp3) is 0.846. The smallest absolute Gasteiger partial charge is 0.325 e. The van der Waals surface area contributed by atoms with Crippen LogP contribution in [0, 0.1) is 11.3 Å². The minimum atomic E-state index is -4.90. The Morgan fingerprint density at radius 2 is 1.60 bits per heavy atom. The fourth-order valence-corrected chi connectivity index (χ4v) is 2.40. The highest BCUT2D eigenvalue weighted by Gasteiger charge is 2.89. The molecule has 0 aromatic heterocycles. The maximum Gasteiger partial charge on any atom is 0.429 e. The van der Waals surface area contributed by atoms with Crippen molar-refractivity contribution < 1.29 is 27.5 Å². The first-order valence-corrected chi connectivity index (χ1v) is 6.33. The average Bonchev–Trinajstić information content (AvgIpc) is 2.85. The molecule has 0 aromatic carbocycles. The molecule has 7 heteroatoms. The molecule has 1 amide bonds. The second-order valence-corrected chi connectivity index (χ2v) is 6.43. The highest BCUT2D eigenvalue weighted by atomic mass is 19.4. The molecule has 1 fully saturated rings. The molecule has 0 aromatic rings. The van der Waals surface area contributed by atoms with E-state index in [0.29, 0.717) is 0 Å². The summed E-state index contributed by atoms with van der Waals surface area (Å²) < 4.78 is 45.4. The summed E-state index contributed by atoms with van der Waals surface area (Å²) in [5.41, 5.74) is -6.25. The molecule has 1 N–H and O–H groups in total. The Morgan fingerprint density at radius 3 is 1.85 bits per heavy atom. The minimum absolute atomic E-state index is 0.675. The van der Waals surface area contributed by atoms with Crippen molar-refractivity contribution >= 4 is 11.7 Å². The van der Waals surface area contributed by atoms with E-state index in [1.54, 1.807) is 0 Å². The van der Waals surface area contributed by atoms with E-state index in [1.165, 1.54) is 34.6 Å². The molecule has 2 unspecified atom stereocenters. The molecule has 0 spiro atoms. The van der Waals surface area contributed by atoms with Crippen LogP contribution in [0.3, 0.4) is 0 Å². The molecule has 20 heavy (non-hydrogen) atoms. The molecule has 1 rings (SSSR count). The first-order chi connectivity index (χ1) is 8.72. The lowest BCUT2D eigenvalue weighted by Crippen LogP contribution is -2.58. The number of hydrogen-bond donors (Lipinski definition) is 1. The van der Waals surface area contributed by atoms with Crippen LogP contribution >= 0.6 is 0 Å². The number of ether oxygens (including phenoxy) is 1. The van der Waals surface area contributed by atoms with Gasteiger partial charge in [-0.05, 0) is 0 Å². The third-order valence-electron chi connectivity index (χ3n) is 3.37. The molecule has 0 saturated carbocycles. The van der Waals surface area contributed by atoms with E-state index in [-0.39, 0.29) is 0 Å². The van der Waals surface area contributed by atoms with Gasteiger partial charge in [0.1, 0.15) is 0 Å². The van der Waals surface area contributed by atoms with Crippen LogP contribution in [0.25, 0.3) is 0 Å². The van der Waals surface area contributed by atoms with Crippen LogP contribution in [0.2, 0.25) is 0 Å². The van der Waals surface area contributed by atoms with Gasteiger partial charge in [0.15, 0.2) is 11.5 Å². The number of epoxide rings is 1. The summed E-state index contributed by atoms with van der Waals surface area (Å²) in [5, 5.41) is 2.18. The summed E-state index contributed by atoms with van der Waals surface area (Å²) in [6.45, 7) is 8.21. The van der Waals surface area contributed by atoms with Gasteiger partial charge in [0.05, 0.1) is 0 Å². The lowest BCUT2D eigenvalue weighted by atomic mass is 9.76. The van der Waals surface area contributed by atoms with E-state index in [1.807, 2.05) is 0 Å². The number of carbonyl (C=O) groups excluding carboxylic acids is 2. The van der Waals surface area contributed by atoms with Crippen LogP contribution in [-0.4, -0.2) is 29.2 Å². The minimum Gasteiger partial charge on any atom is -0.325 e. The number of hydrogen-bond acceptors (Lipinski definition) is 3. The summed E-state index contributed by atoms with van der Waals surface area (Å²) in [6, 6.07) is 0. The normalized spacial score (nSPS) is 30.3. The number of alkyl halides is 3. The third-order valence-corrected chi connectivity index (χ3v) is 3.37. The van der Waals surface area contributed by atoms with E-state index in [2.05, 4.69) is 5.32 Å². The zero-order valence-electron chi connectivity index (χ0n) is 12.4. The number of carbonyl (C=O) groups is 2. The quantitative estimate of drug-likeness (QED) is 0.813. The molecule has 116 valence electrons. The molecule has 1 aliphatic rings. The molecular weight excluding hydrogens is 275 g/mol. The van der Waals surface area contributed by atoms with Gasteiger partial charge in [-0.3, -0.25) is 9.59 Å². The Kier molecular flexibility index (Phi) is 3.76. The SMILES string of the molecule is CC(=O)NC1(C(C)C)OC1(C(=O)C(C)(C)C)C(F)(F)F. The molecule has 2 atom stereocenters.